The molecule has 158 valence electrons. The summed E-state index contributed by atoms with van der Waals surface area (Å²) in [5, 5.41) is 15.6. The number of carbonyl (C=O) groups is 3. The number of likely N-dealkylation sites (tertiary alicyclic amines) is 1. The van der Waals surface area contributed by atoms with E-state index in [4.69, 9.17) is 0 Å². The summed E-state index contributed by atoms with van der Waals surface area (Å²) < 4.78 is 0. The lowest BCUT2D eigenvalue weighted by Crippen LogP contribution is -2.56. The van der Waals surface area contributed by atoms with Gasteiger partial charge in [0.2, 0.25) is 17.7 Å². The van der Waals surface area contributed by atoms with Crippen molar-refractivity contribution < 1.29 is 19.5 Å². The third kappa shape index (κ3) is 4.09. The van der Waals surface area contributed by atoms with E-state index in [-0.39, 0.29) is 36.2 Å². The van der Waals surface area contributed by atoms with E-state index in [0.29, 0.717) is 0 Å². The molecule has 0 aromatic heterocycles. The molecule has 1 aliphatic carbocycles. The highest BCUT2D eigenvalue weighted by atomic mass is 16.3. The highest BCUT2D eigenvalue weighted by molar-refractivity contribution is 5.97. The Labute approximate surface area is 167 Å². The van der Waals surface area contributed by atoms with Gasteiger partial charge in [0, 0.05) is 18.5 Å². The number of rotatable bonds is 5. The third-order valence-corrected chi connectivity index (χ3v) is 5.84. The molecule has 3 N–H and O–H groups in total. The Balaban J connectivity index is 2.55. The van der Waals surface area contributed by atoms with Crippen LogP contribution >= 0.6 is 0 Å². The number of aliphatic hydroxyl groups excluding tert-OH is 1. The van der Waals surface area contributed by atoms with Crippen LogP contribution in [0.1, 0.15) is 41.5 Å². The maximum Gasteiger partial charge on any atom is 0.243 e. The molecule has 0 unspecified atom stereocenters. The van der Waals surface area contributed by atoms with Crippen molar-refractivity contribution in [3.05, 3.63) is 12.2 Å². The molecule has 7 heteroatoms. The van der Waals surface area contributed by atoms with Gasteiger partial charge in [-0.1, -0.05) is 32.9 Å². The van der Waals surface area contributed by atoms with Crippen LogP contribution < -0.4 is 10.6 Å². The topological polar surface area (TPSA) is 98.7 Å². The third-order valence-electron chi connectivity index (χ3n) is 5.84. The molecule has 2 rings (SSSR count). The summed E-state index contributed by atoms with van der Waals surface area (Å²) in [7, 11) is 1.56. The van der Waals surface area contributed by atoms with E-state index < -0.39 is 35.4 Å². The van der Waals surface area contributed by atoms with E-state index in [1.807, 2.05) is 53.7 Å². The van der Waals surface area contributed by atoms with Gasteiger partial charge in [-0.05, 0) is 32.6 Å². The van der Waals surface area contributed by atoms with Crippen molar-refractivity contribution in [1.82, 2.24) is 15.5 Å². The normalized spacial score (nSPS) is 31.0. The first kappa shape index (κ1) is 22.4. The molecule has 0 aromatic carbocycles. The molecule has 0 aromatic rings. The molecule has 1 fully saturated rings. The lowest BCUT2D eigenvalue weighted by atomic mass is 9.70. The summed E-state index contributed by atoms with van der Waals surface area (Å²) in [6.45, 7) is 11.2. The minimum Gasteiger partial charge on any atom is -0.394 e. The lowest BCUT2D eigenvalue weighted by Gasteiger charge is -2.36. The molecule has 2 aliphatic rings. The molecule has 7 nitrogen and oxygen atoms in total. The van der Waals surface area contributed by atoms with Gasteiger partial charge in [-0.15, -0.1) is 0 Å². The molecule has 0 bridgehead atoms. The van der Waals surface area contributed by atoms with Gasteiger partial charge in [0.15, 0.2) is 0 Å². The van der Waals surface area contributed by atoms with Crippen molar-refractivity contribution in [2.45, 2.75) is 59.2 Å². The van der Waals surface area contributed by atoms with Gasteiger partial charge in [-0.3, -0.25) is 14.4 Å². The summed E-state index contributed by atoms with van der Waals surface area (Å²) in [6.07, 6.45) is 3.84. The highest BCUT2D eigenvalue weighted by Crippen LogP contribution is 2.45. The van der Waals surface area contributed by atoms with Crippen LogP contribution in [0, 0.1) is 29.6 Å². The average molecular weight is 394 g/mol. The number of aliphatic hydroxyl groups is 1. The lowest BCUT2D eigenvalue weighted by molar-refractivity contribution is -0.144. The maximum absolute atomic E-state index is 13.5. The molecular weight excluding hydrogens is 358 g/mol. The monoisotopic (exact) mass is 393 g/mol. The van der Waals surface area contributed by atoms with Crippen molar-refractivity contribution in [3.63, 3.8) is 0 Å². The van der Waals surface area contributed by atoms with E-state index in [0.717, 1.165) is 0 Å². The van der Waals surface area contributed by atoms with Crippen LogP contribution in [-0.4, -0.2) is 59.0 Å². The first-order chi connectivity index (χ1) is 12.9. The second-order valence-corrected chi connectivity index (χ2v) is 9.41. The van der Waals surface area contributed by atoms with E-state index in [1.165, 1.54) is 0 Å². The van der Waals surface area contributed by atoms with Crippen LogP contribution in [0.25, 0.3) is 0 Å². The number of allylic oxidation sites excluding steroid dienone is 1. The number of carbonyl (C=O) groups excluding carboxylic acids is 3. The first-order valence-corrected chi connectivity index (χ1v) is 10.1. The molecule has 6 atom stereocenters. The molecule has 0 radical (unpaired) electrons. The zero-order chi connectivity index (χ0) is 21.4. The number of hydrogen-bond acceptors (Lipinski definition) is 4. The second kappa shape index (κ2) is 8.23. The Hall–Kier alpha value is -1.89. The summed E-state index contributed by atoms with van der Waals surface area (Å²) >= 11 is 0. The van der Waals surface area contributed by atoms with Gasteiger partial charge in [0.1, 0.15) is 6.04 Å². The Morgan fingerprint density at radius 2 is 1.82 bits per heavy atom. The van der Waals surface area contributed by atoms with Crippen LogP contribution in [0.3, 0.4) is 0 Å². The van der Waals surface area contributed by atoms with Crippen molar-refractivity contribution in [2.24, 2.45) is 29.6 Å². The predicted octanol–water partition coefficient (Wildman–Crippen LogP) is 0.929. The molecular formula is C21H35N3O4. The van der Waals surface area contributed by atoms with Gasteiger partial charge in [0.25, 0.3) is 0 Å². The fourth-order valence-electron chi connectivity index (χ4n) is 4.53. The minimum atomic E-state index is -0.743. The SMILES string of the molecule is CNC(=O)[C@H]1[C@H]2C(=O)N([C@@H](CO)C(C)C)[C@H](C(=O)NC(C)(C)C)[C@H]2C=C[C@H]1C. The zero-order valence-electron chi connectivity index (χ0n) is 18.0. The van der Waals surface area contributed by atoms with Crippen molar-refractivity contribution >= 4 is 17.7 Å². The smallest absolute Gasteiger partial charge is 0.243 e. The highest BCUT2D eigenvalue weighted by Gasteiger charge is 2.58. The van der Waals surface area contributed by atoms with Gasteiger partial charge in [-0.25, -0.2) is 0 Å². The van der Waals surface area contributed by atoms with Crippen molar-refractivity contribution in [3.8, 4) is 0 Å². The van der Waals surface area contributed by atoms with Crippen LogP contribution in [0.15, 0.2) is 12.2 Å². The van der Waals surface area contributed by atoms with E-state index in [2.05, 4.69) is 10.6 Å². The molecule has 1 aliphatic heterocycles. The van der Waals surface area contributed by atoms with Crippen molar-refractivity contribution in [1.29, 1.82) is 0 Å². The van der Waals surface area contributed by atoms with E-state index >= 15 is 0 Å². The Morgan fingerprint density at radius 1 is 1.21 bits per heavy atom. The fourth-order valence-corrected chi connectivity index (χ4v) is 4.53. The second-order valence-electron chi connectivity index (χ2n) is 9.41. The number of hydrogen-bond donors (Lipinski definition) is 3. The zero-order valence-corrected chi connectivity index (χ0v) is 18.0. The standard InChI is InChI=1S/C21H35N3O4/c1-11(2)14(10-25)24-17(19(27)23-21(4,5)6)13-9-8-12(3)15(18(26)22-7)16(13)20(24)28/h8-9,11-17,25H,10H2,1-7H3,(H,22,26)(H,23,27)/t12-,13+,14+,15-,16+,17+/m1/s1. The Morgan fingerprint density at radius 3 is 2.29 bits per heavy atom. The predicted molar refractivity (Wildman–Crippen MR) is 107 cm³/mol. The van der Waals surface area contributed by atoms with Crippen LogP contribution in [0.2, 0.25) is 0 Å². The van der Waals surface area contributed by atoms with Crippen molar-refractivity contribution in [2.75, 3.05) is 13.7 Å². The van der Waals surface area contributed by atoms with Crippen LogP contribution in [-0.2, 0) is 14.4 Å². The van der Waals surface area contributed by atoms with Gasteiger partial charge < -0.3 is 20.6 Å². The summed E-state index contributed by atoms with van der Waals surface area (Å²) in [5.74, 6) is -2.35. The first-order valence-electron chi connectivity index (χ1n) is 10.1. The fraction of sp³-hybridized carbons (Fsp3) is 0.762. The number of nitrogens with one attached hydrogen (secondary N) is 2. The van der Waals surface area contributed by atoms with E-state index in [9.17, 15) is 19.5 Å². The summed E-state index contributed by atoms with van der Waals surface area (Å²) in [4.78, 5) is 40.9. The Bertz CT molecular complexity index is 653. The average Bonchev–Trinajstić information content (AvgIpc) is 2.86. The number of fused-ring (bicyclic) bond motifs is 1. The van der Waals surface area contributed by atoms with Gasteiger partial charge in [0.05, 0.1) is 24.5 Å². The molecule has 0 saturated carbocycles. The molecule has 3 amide bonds. The van der Waals surface area contributed by atoms with Crippen LogP contribution in [0.5, 0.6) is 0 Å². The largest absolute Gasteiger partial charge is 0.394 e. The quantitative estimate of drug-likeness (QED) is 0.605. The summed E-state index contributed by atoms with van der Waals surface area (Å²) in [5.41, 5.74) is -0.456. The Kier molecular flexibility index (Phi) is 6.58. The maximum atomic E-state index is 13.5. The molecule has 1 saturated heterocycles. The van der Waals surface area contributed by atoms with Crippen LogP contribution in [0.4, 0.5) is 0 Å². The molecule has 0 spiro atoms. The number of nitrogens with zero attached hydrogens (tertiary/aromatic N) is 1. The summed E-state index contributed by atoms with van der Waals surface area (Å²) in [6, 6.07) is -1.23. The molecule has 28 heavy (non-hydrogen) atoms. The minimum absolute atomic E-state index is 0.0288. The molecule has 1 heterocycles. The van der Waals surface area contributed by atoms with Gasteiger partial charge in [-0.2, -0.15) is 0 Å². The van der Waals surface area contributed by atoms with E-state index in [1.54, 1.807) is 11.9 Å². The number of amides is 3. The van der Waals surface area contributed by atoms with Gasteiger partial charge >= 0.3 is 0 Å².